The van der Waals surface area contributed by atoms with E-state index in [0.29, 0.717) is 6.54 Å². The minimum absolute atomic E-state index is 0. The van der Waals surface area contributed by atoms with E-state index < -0.39 is 0 Å². The molecule has 1 aliphatic rings. The Morgan fingerprint density at radius 3 is 2.58 bits per heavy atom. The second kappa shape index (κ2) is 11.0. The Bertz CT molecular complexity index is 968. The first-order valence-corrected chi connectivity index (χ1v) is 10.1. The molecular weight excluding hydrogens is 505 g/mol. The lowest BCUT2D eigenvalue weighted by Crippen LogP contribution is -2.52. The van der Waals surface area contributed by atoms with Crippen LogP contribution in [0.4, 0.5) is 5.69 Å². The molecule has 1 fully saturated rings. The van der Waals surface area contributed by atoms with Crippen molar-refractivity contribution in [3.05, 3.63) is 66.9 Å². The Hall–Kier alpha value is -2.82. The van der Waals surface area contributed by atoms with Gasteiger partial charge in [-0.15, -0.1) is 24.0 Å². The first-order valence-electron chi connectivity index (χ1n) is 10.1. The van der Waals surface area contributed by atoms with Crippen LogP contribution in [-0.4, -0.2) is 65.7 Å². The monoisotopic (exact) mass is 533 g/mol. The molecule has 4 rings (SSSR count). The van der Waals surface area contributed by atoms with Gasteiger partial charge in [-0.25, -0.2) is 9.97 Å². The van der Waals surface area contributed by atoms with Gasteiger partial charge in [0.2, 0.25) is 0 Å². The molecule has 8 nitrogen and oxygen atoms in total. The standard InChI is InChI=1S/C22H27N7O.HI/c1-23-22(26-16-18-7-8-21(25-15-18)29-10-9-24-17-29)28-13-11-27(12-14-28)19-5-3-4-6-20(19)30-2;/h3-10,15,17H,11-14,16H2,1-2H3,(H,23,26);1H. The first kappa shape index (κ1) is 22.9. The van der Waals surface area contributed by atoms with Gasteiger partial charge in [-0.2, -0.15) is 0 Å². The summed E-state index contributed by atoms with van der Waals surface area (Å²) in [4.78, 5) is 17.7. The van der Waals surface area contributed by atoms with E-state index in [-0.39, 0.29) is 24.0 Å². The zero-order valence-electron chi connectivity index (χ0n) is 17.8. The third kappa shape index (κ3) is 5.46. The van der Waals surface area contributed by atoms with Crippen molar-refractivity contribution in [2.75, 3.05) is 45.2 Å². The summed E-state index contributed by atoms with van der Waals surface area (Å²) < 4.78 is 7.40. The van der Waals surface area contributed by atoms with Crippen molar-refractivity contribution in [3.8, 4) is 11.6 Å². The smallest absolute Gasteiger partial charge is 0.194 e. The van der Waals surface area contributed by atoms with Gasteiger partial charge in [0.25, 0.3) is 0 Å². The van der Waals surface area contributed by atoms with Crippen LogP contribution in [-0.2, 0) is 6.54 Å². The summed E-state index contributed by atoms with van der Waals surface area (Å²) in [5, 5.41) is 3.46. The van der Waals surface area contributed by atoms with E-state index in [2.05, 4.69) is 48.3 Å². The first-order chi connectivity index (χ1) is 14.8. The summed E-state index contributed by atoms with van der Waals surface area (Å²) in [5.74, 6) is 2.68. The normalized spacial score (nSPS) is 14.2. The lowest BCUT2D eigenvalue weighted by atomic mass is 10.2. The van der Waals surface area contributed by atoms with Crippen LogP contribution in [0, 0.1) is 0 Å². The molecule has 1 N–H and O–H groups in total. The molecule has 9 heteroatoms. The molecule has 0 radical (unpaired) electrons. The zero-order chi connectivity index (χ0) is 20.8. The van der Waals surface area contributed by atoms with Crippen LogP contribution in [0.15, 0.2) is 66.3 Å². The van der Waals surface area contributed by atoms with E-state index in [0.717, 1.165) is 55.0 Å². The molecule has 3 aromatic rings. The molecule has 0 unspecified atom stereocenters. The summed E-state index contributed by atoms with van der Waals surface area (Å²) >= 11 is 0. The predicted octanol–water partition coefficient (Wildman–Crippen LogP) is 2.79. The highest BCUT2D eigenvalue weighted by atomic mass is 127. The number of guanidine groups is 1. The largest absolute Gasteiger partial charge is 0.495 e. The number of para-hydroxylation sites is 2. The number of aromatic nitrogens is 3. The maximum atomic E-state index is 5.51. The van der Waals surface area contributed by atoms with Crippen LogP contribution in [0.2, 0.25) is 0 Å². The average molecular weight is 533 g/mol. The van der Waals surface area contributed by atoms with Gasteiger partial charge >= 0.3 is 0 Å². The number of rotatable bonds is 5. The topological polar surface area (TPSA) is 70.8 Å². The van der Waals surface area contributed by atoms with Crippen molar-refractivity contribution in [3.63, 3.8) is 0 Å². The number of nitrogens with zero attached hydrogens (tertiary/aromatic N) is 6. The fourth-order valence-electron chi connectivity index (χ4n) is 3.63. The van der Waals surface area contributed by atoms with E-state index in [4.69, 9.17) is 4.74 Å². The minimum Gasteiger partial charge on any atom is -0.495 e. The number of aliphatic imine (C=N–C) groups is 1. The van der Waals surface area contributed by atoms with Gasteiger partial charge in [0, 0.05) is 58.4 Å². The highest BCUT2D eigenvalue weighted by Crippen LogP contribution is 2.28. The van der Waals surface area contributed by atoms with Crippen molar-refractivity contribution >= 4 is 35.6 Å². The molecule has 1 aromatic carbocycles. The summed E-state index contributed by atoms with van der Waals surface area (Å²) in [5.41, 5.74) is 2.25. The molecule has 0 bridgehead atoms. The van der Waals surface area contributed by atoms with Crippen molar-refractivity contribution in [2.24, 2.45) is 4.99 Å². The number of nitrogens with one attached hydrogen (secondary N) is 1. The molecule has 0 aliphatic carbocycles. The molecule has 31 heavy (non-hydrogen) atoms. The molecule has 3 heterocycles. The number of benzene rings is 1. The molecule has 0 amide bonds. The molecule has 0 atom stereocenters. The number of imidazole rings is 1. The van der Waals surface area contributed by atoms with Gasteiger partial charge in [-0.1, -0.05) is 18.2 Å². The Morgan fingerprint density at radius 1 is 1.13 bits per heavy atom. The number of hydrogen-bond donors (Lipinski definition) is 1. The number of pyridine rings is 1. The summed E-state index contributed by atoms with van der Waals surface area (Å²) in [6, 6.07) is 12.2. The molecule has 2 aromatic heterocycles. The fraction of sp³-hybridized carbons (Fsp3) is 0.318. The zero-order valence-corrected chi connectivity index (χ0v) is 20.1. The van der Waals surface area contributed by atoms with Crippen molar-refractivity contribution < 1.29 is 4.74 Å². The maximum Gasteiger partial charge on any atom is 0.194 e. The summed E-state index contributed by atoms with van der Waals surface area (Å²) in [6.45, 7) is 4.31. The highest BCUT2D eigenvalue weighted by Gasteiger charge is 2.21. The fourth-order valence-corrected chi connectivity index (χ4v) is 3.63. The third-order valence-corrected chi connectivity index (χ3v) is 5.25. The minimum atomic E-state index is 0. The van der Waals surface area contributed by atoms with Crippen molar-refractivity contribution in [1.29, 1.82) is 0 Å². The SMILES string of the molecule is CN=C(NCc1ccc(-n2ccnc2)nc1)N1CCN(c2ccccc2OC)CC1.I. The molecule has 1 saturated heterocycles. The molecule has 0 spiro atoms. The Balaban J connectivity index is 0.00000272. The lowest BCUT2D eigenvalue weighted by molar-refractivity contribution is 0.367. The van der Waals surface area contributed by atoms with Crippen molar-refractivity contribution in [1.82, 2.24) is 24.8 Å². The number of anilines is 1. The molecule has 164 valence electrons. The van der Waals surface area contributed by atoms with Crippen LogP contribution in [0.5, 0.6) is 5.75 Å². The summed E-state index contributed by atoms with van der Waals surface area (Å²) in [6.07, 6.45) is 7.25. The summed E-state index contributed by atoms with van der Waals surface area (Å²) in [7, 11) is 3.55. The van der Waals surface area contributed by atoms with Crippen LogP contribution in [0.25, 0.3) is 5.82 Å². The third-order valence-electron chi connectivity index (χ3n) is 5.25. The van der Waals surface area contributed by atoms with E-state index in [1.165, 1.54) is 0 Å². The lowest BCUT2D eigenvalue weighted by Gasteiger charge is -2.38. The number of halogens is 1. The van der Waals surface area contributed by atoms with Gasteiger partial charge in [0.15, 0.2) is 5.96 Å². The van der Waals surface area contributed by atoms with Crippen LogP contribution in [0.1, 0.15) is 5.56 Å². The van der Waals surface area contributed by atoms with Crippen LogP contribution >= 0.6 is 24.0 Å². The second-order valence-corrected chi connectivity index (χ2v) is 7.04. The average Bonchev–Trinajstić information content (AvgIpc) is 3.35. The Morgan fingerprint density at radius 2 is 1.94 bits per heavy atom. The molecule has 1 aliphatic heterocycles. The van der Waals surface area contributed by atoms with E-state index in [1.54, 1.807) is 19.6 Å². The number of hydrogen-bond acceptors (Lipinski definition) is 5. The number of piperazine rings is 1. The highest BCUT2D eigenvalue weighted by molar-refractivity contribution is 14.0. The van der Waals surface area contributed by atoms with Gasteiger partial charge < -0.3 is 19.9 Å². The second-order valence-electron chi connectivity index (χ2n) is 7.04. The number of ether oxygens (including phenoxy) is 1. The van der Waals surface area contributed by atoms with Crippen LogP contribution < -0.4 is 15.0 Å². The number of methoxy groups -OCH3 is 1. The van der Waals surface area contributed by atoms with Crippen molar-refractivity contribution in [2.45, 2.75) is 6.54 Å². The van der Waals surface area contributed by atoms with Gasteiger partial charge in [-0.3, -0.25) is 9.56 Å². The van der Waals surface area contributed by atoms with E-state index in [1.807, 2.05) is 42.2 Å². The van der Waals surface area contributed by atoms with Gasteiger partial charge in [-0.05, 0) is 23.8 Å². The quantitative estimate of drug-likeness (QED) is 0.309. The molecule has 0 saturated carbocycles. The van der Waals surface area contributed by atoms with Gasteiger partial charge in [0.1, 0.15) is 17.9 Å². The molecular formula is C22H28IN7O. The Kier molecular flexibility index (Phi) is 8.10. The maximum absolute atomic E-state index is 5.51. The van der Waals surface area contributed by atoms with E-state index >= 15 is 0 Å². The predicted molar refractivity (Wildman–Crippen MR) is 134 cm³/mol. The van der Waals surface area contributed by atoms with Gasteiger partial charge in [0.05, 0.1) is 12.8 Å². The van der Waals surface area contributed by atoms with Crippen LogP contribution in [0.3, 0.4) is 0 Å². The van der Waals surface area contributed by atoms with E-state index in [9.17, 15) is 0 Å². The Labute approximate surface area is 200 Å².